The van der Waals surface area contributed by atoms with E-state index in [2.05, 4.69) is 6.92 Å². The van der Waals surface area contributed by atoms with Crippen molar-refractivity contribution >= 4 is 11.6 Å². The van der Waals surface area contributed by atoms with Gasteiger partial charge in [0.15, 0.2) is 0 Å². The summed E-state index contributed by atoms with van der Waals surface area (Å²) in [6.07, 6.45) is 1.82. The van der Waals surface area contributed by atoms with Gasteiger partial charge in [-0.05, 0) is 42.7 Å². The van der Waals surface area contributed by atoms with Crippen LogP contribution in [0.1, 0.15) is 24.5 Å². The van der Waals surface area contributed by atoms with Crippen molar-refractivity contribution in [3.63, 3.8) is 0 Å². The summed E-state index contributed by atoms with van der Waals surface area (Å²) >= 11 is 5.96. The van der Waals surface area contributed by atoms with E-state index in [0.29, 0.717) is 11.6 Å². The summed E-state index contributed by atoms with van der Waals surface area (Å²) in [5.74, 6) is 0.407. The van der Waals surface area contributed by atoms with E-state index >= 15 is 0 Å². The molecule has 2 aromatic carbocycles. The molecular formula is C17H19ClFNO. The zero-order valence-electron chi connectivity index (χ0n) is 12.0. The Kier molecular flexibility index (Phi) is 5.59. The van der Waals surface area contributed by atoms with E-state index in [0.717, 1.165) is 24.2 Å². The molecule has 1 unspecified atom stereocenters. The standard InChI is InChI=1S/C17H19ClFNO/c1-2-15(20)9-12-3-7-16(8-4-12)21-11-13-5-6-14(19)10-17(13)18/h3-8,10,15H,2,9,11,20H2,1H3. The Hall–Kier alpha value is -1.58. The van der Waals surface area contributed by atoms with Crippen LogP contribution in [0.15, 0.2) is 42.5 Å². The molecule has 0 saturated carbocycles. The highest BCUT2D eigenvalue weighted by Gasteiger charge is 2.04. The van der Waals surface area contributed by atoms with Gasteiger partial charge in [0.25, 0.3) is 0 Å². The lowest BCUT2D eigenvalue weighted by molar-refractivity contribution is 0.306. The molecule has 0 radical (unpaired) electrons. The first kappa shape index (κ1) is 15.8. The van der Waals surface area contributed by atoms with Gasteiger partial charge in [-0.15, -0.1) is 0 Å². The van der Waals surface area contributed by atoms with Crippen molar-refractivity contribution in [2.75, 3.05) is 0 Å². The second-order valence-corrected chi connectivity index (χ2v) is 5.45. The molecule has 112 valence electrons. The molecule has 0 aliphatic rings. The predicted octanol–water partition coefficient (Wildman–Crippen LogP) is 4.34. The van der Waals surface area contributed by atoms with Crippen molar-refractivity contribution in [1.82, 2.24) is 0 Å². The first-order valence-corrected chi connectivity index (χ1v) is 7.37. The van der Waals surface area contributed by atoms with Crippen LogP contribution in [0.3, 0.4) is 0 Å². The number of nitrogens with two attached hydrogens (primary N) is 1. The third kappa shape index (κ3) is 4.73. The SMILES string of the molecule is CCC(N)Cc1ccc(OCc2ccc(F)cc2Cl)cc1. The maximum atomic E-state index is 13.0. The van der Waals surface area contributed by atoms with E-state index in [1.807, 2.05) is 24.3 Å². The summed E-state index contributed by atoms with van der Waals surface area (Å²) in [7, 11) is 0. The Morgan fingerprint density at radius 2 is 1.90 bits per heavy atom. The summed E-state index contributed by atoms with van der Waals surface area (Å²) < 4.78 is 18.6. The van der Waals surface area contributed by atoms with Crippen molar-refractivity contribution < 1.29 is 9.13 Å². The molecule has 0 heterocycles. The van der Waals surface area contributed by atoms with Crippen molar-refractivity contribution in [2.24, 2.45) is 5.73 Å². The summed E-state index contributed by atoms with van der Waals surface area (Å²) in [6.45, 7) is 2.39. The predicted molar refractivity (Wildman–Crippen MR) is 84.2 cm³/mol. The molecule has 4 heteroatoms. The minimum absolute atomic E-state index is 0.190. The molecular weight excluding hydrogens is 289 g/mol. The van der Waals surface area contributed by atoms with Crippen LogP contribution in [0.5, 0.6) is 5.75 Å². The normalized spacial score (nSPS) is 12.2. The van der Waals surface area contributed by atoms with Crippen LogP contribution in [0, 0.1) is 5.82 Å². The van der Waals surface area contributed by atoms with Gasteiger partial charge >= 0.3 is 0 Å². The fourth-order valence-corrected chi connectivity index (χ4v) is 2.19. The topological polar surface area (TPSA) is 35.2 Å². The third-order valence-electron chi connectivity index (χ3n) is 3.36. The number of benzene rings is 2. The summed E-state index contributed by atoms with van der Waals surface area (Å²) in [5, 5.41) is 0.375. The highest BCUT2D eigenvalue weighted by atomic mass is 35.5. The van der Waals surface area contributed by atoms with Crippen molar-refractivity contribution in [3.05, 3.63) is 64.4 Å². The Bertz CT molecular complexity index is 586. The van der Waals surface area contributed by atoms with Crippen LogP contribution in [0.2, 0.25) is 5.02 Å². The lowest BCUT2D eigenvalue weighted by atomic mass is 10.0. The molecule has 0 amide bonds. The number of hydrogen-bond donors (Lipinski definition) is 1. The van der Waals surface area contributed by atoms with Crippen LogP contribution < -0.4 is 10.5 Å². The largest absolute Gasteiger partial charge is 0.489 e. The van der Waals surface area contributed by atoms with Crippen molar-refractivity contribution in [3.8, 4) is 5.75 Å². The van der Waals surface area contributed by atoms with Gasteiger partial charge in [0.05, 0.1) is 5.02 Å². The molecule has 2 aromatic rings. The van der Waals surface area contributed by atoms with E-state index in [4.69, 9.17) is 22.1 Å². The quantitative estimate of drug-likeness (QED) is 0.861. The van der Waals surface area contributed by atoms with Crippen molar-refractivity contribution in [2.45, 2.75) is 32.4 Å². The van der Waals surface area contributed by atoms with Gasteiger partial charge < -0.3 is 10.5 Å². The Morgan fingerprint density at radius 3 is 2.52 bits per heavy atom. The van der Waals surface area contributed by atoms with Crippen LogP contribution in [-0.2, 0) is 13.0 Å². The molecule has 2 N–H and O–H groups in total. The van der Waals surface area contributed by atoms with E-state index in [9.17, 15) is 4.39 Å². The van der Waals surface area contributed by atoms with E-state index in [1.54, 1.807) is 6.07 Å². The summed E-state index contributed by atoms with van der Waals surface area (Å²) in [4.78, 5) is 0. The molecule has 21 heavy (non-hydrogen) atoms. The highest BCUT2D eigenvalue weighted by molar-refractivity contribution is 6.31. The fraction of sp³-hybridized carbons (Fsp3) is 0.294. The maximum Gasteiger partial charge on any atom is 0.124 e. The molecule has 2 rings (SSSR count). The number of ether oxygens (including phenoxy) is 1. The zero-order valence-corrected chi connectivity index (χ0v) is 12.7. The first-order chi connectivity index (χ1) is 10.1. The van der Waals surface area contributed by atoms with Gasteiger partial charge in [-0.25, -0.2) is 4.39 Å². The van der Waals surface area contributed by atoms with Gasteiger partial charge in [0.1, 0.15) is 18.2 Å². The molecule has 0 fully saturated rings. The van der Waals surface area contributed by atoms with E-state index in [-0.39, 0.29) is 11.9 Å². The molecule has 0 saturated heterocycles. The van der Waals surface area contributed by atoms with Crippen LogP contribution in [-0.4, -0.2) is 6.04 Å². The minimum atomic E-state index is -0.347. The second kappa shape index (κ2) is 7.43. The molecule has 0 aromatic heterocycles. The smallest absolute Gasteiger partial charge is 0.124 e. The zero-order chi connectivity index (χ0) is 15.2. The molecule has 0 bridgehead atoms. The third-order valence-corrected chi connectivity index (χ3v) is 3.71. The fourth-order valence-electron chi connectivity index (χ4n) is 1.97. The van der Waals surface area contributed by atoms with E-state index in [1.165, 1.54) is 17.7 Å². The monoisotopic (exact) mass is 307 g/mol. The Morgan fingerprint density at radius 1 is 1.19 bits per heavy atom. The van der Waals surface area contributed by atoms with Gasteiger partial charge in [-0.2, -0.15) is 0 Å². The molecule has 2 nitrogen and oxygen atoms in total. The maximum absolute atomic E-state index is 13.0. The summed E-state index contributed by atoms with van der Waals surface area (Å²) in [6, 6.07) is 12.3. The van der Waals surface area contributed by atoms with Gasteiger partial charge in [0.2, 0.25) is 0 Å². The minimum Gasteiger partial charge on any atom is -0.489 e. The molecule has 0 spiro atoms. The van der Waals surface area contributed by atoms with Gasteiger partial charge in [-0.1, -0.05) is 36.7 Å². The van der Waals surface area contributed by atoms with Crippen LogP contribution in [0.4, 0.5) is 4.39 Å². The number of halogens is 2. The number of hydrogen-bond acceptors (Lipinski definition) is 2. The van der Waals surface area contributed by atoms with Crippen molar-refractivity contribution in [1.29, 1.82) is 0 Å². The first-order valence-electron chi connectivity index (χ1n) is 6.99. The lowest BCUT2D eigenvalue weighted by Gasteiger charge is -2.11. The molecule has 1 atom stereocenters. The molecule has 0 aliphatic carbocycles. The second-order valence-electron chi connectivity index (χ2n) is 5.04. The Balaban J connectivity index is 1.94. The highest BCUT2D eigenvalue weighted by Crippen LogP contribution is 2.20. The average Bonchev–Trinajstić information content (AvgIpc) is 2.48. The van der Waals surface area contributed by atoms with Gasteiger partial charge in [0, 0.05) is 11.6 Å². The van der Waals surface area contributed by atoms with Gasteiger partial charge in [-0.3, -0.25) is 0 Å². The summed E-state index contributed by atoms with van der Waals surface area (Å²) in [5.41, 5.74) is 7.88. The van der Waals surface area contributed by atoms with Crippen LogP contribution in [0.25, 0.3) is 0 Å². The average molecular weight is 308 g/mol. The lowest BCUT2D eigenvalue weighted by Crippen LogP contribution is -2.21. The number of rotatable bonds is 6. The Labute approximate surface area is 129 Å². The van der Waals surface area contributed by atoms with Crippen LogP contribution >= 0.6 is 11.6 Å². The molecule has 0 aliphatic heterocycles. The van der Waals surface area contributed by atoms with E-state index < -0.39 is 0 Å².